The lowest BCUT2D eigenvalue weighted by molar-refractivity contribution is -0.136. The molecule has 0 bridgehead atoms. The van der Waals surface area contributed by atoms with E-state index < -0.39 is 5.97 Å². The summed E-state index contributed by atoms with van der Waals surface area (Å²) in [6.45, 7) is 0. The predicted octanol–water partition coefficient (Wildman–Crippen LogP) is 2.62. The fourth-order valence-electron chi connectivity index (χ4n) is 1.94. The van der Waals surface area contributed by atoms with E-state index in [4.69, 9.17) is 14.7 Å². The van der Waals surface area contributed by atoms with E-state index in [1.807, 2.05) is 0 Å². The first-order valence-corrected chi connectivity index (χ1v) is 6.47. The summed E-state index contributed by atoms with van der Waals surface area (Å²) in [7, 11) is 0. The number of furan rings is 1. The van der Waals surface area contributed by atoms with Gasteiger partial charge in [-0.1, -0.05) is 17.3 Å². The molecule has 1 amide bonds. The quantitative estimate of drug-likeness (QED) is 0.354. The lowest BCUT2D eigenvalue weighted by Gasteiger charge is -2.14. The minimum absolute atomic E-state index is 0.112. The molecule has 114 valence electrons. The van der Waals surface area contributed by atoms with Crippen molar-refractivity contribution in [3.63, 3.8) is 0 Å². The number of anilines is 2. The van der Waals surface area contributed by atoms with Crippen LogP contribution in [0.3, 0.4) is 0 Å². The number of hydrogen-bond donors (Lipinski definition) is 2. The number of carboxylic acid groups (broad SMARTS) is 1. The molecule has 1 aromatic carbocycles. The lowest BCUT2D eigenvalue weighted by Crippen LogP contribution is -2.13. The Morgan fingerprint density at radius 3 is 2.45 bits per heavy atom. The van der Waals surface area contributed by atoms with E-state index in [9.17, 15) is 9.59 Å². The van der Waals surface area contributed by atoms with Gasteiger partial charge in [0.25, 0.3) is 0 Å². The number of carboxylic acids is 1. The molecule has 2 aromatic rings. The minimum Gasteiger partial charge on any atom is -0.481 e. The van der Waals surface area contributed by atoms with E-state index >= 15 is 0 Å². The maximum absolute atomic E-state index is 11.2. The Balaban J connectivity index is 2.18. The summed E-state index contributed by atoms with van der Waals surface area (Å²) in [6, 6.07) is 9.91. The van der Waals surface area contributed by atoms with Crippen molar-refractivity contribution in [1.29, 1.82) is 0 Å². The second kappa shape index (κ2) is 7.07. The first-order valence-electron chi connectivity index (χ1n) is 6.47. The van der Waals surface area contributed by atoms with Gasteiger partial charge in [0.05, 0.1) is 24.1 Å². The molecule has 0 atom stereocenters. The van der Waals surface area contributed by atoms with Crippen LogP contribution < -0.4 is 4.90 Å². The van der Waals surface area contributed by atoms with Crippen LogP contribution in [-0.4, -0.2) is 28.4 Å². The molecule has 0 fully saturated rings. The highest BCUT2D eigenvalue weighted by Crippen LogP contribution is 2.24. The number of oxime groups is 1. The van der Waals surface area contributed by atoms with Crippen molar-refractivity contribution in [2.24, 2.45) is 5.16 Å². The van der Waals surface area contributed by atoms with Gasteiger partial charge in [-0.15, -0.1) is 0 Å². The monoisotopic (exact) mass is 302 g/mol. The molecule has 0 aliphatic carbocycles. The van der Waals surface area contributed by atoms with Crippen molar-refractivity contribution >= 4 is 29.7 Å². The highest BCUT2D eigenvalue weighted by atomic mass is 16.4. The molecule has 2 rings (SSSR count). The van der Waals surface area contributed by atoms with Crippen LogP contribution in [0.2, 0.25) is 0 Å². The van der Waals surface area contributed by atoms with E-state index in [0.717, 1.165) is 0 Å². The van der Waals surface area contributed by atoms with E-state index in [1.54, 1.807) is 36.4 Å². The second-order valence-electron chi connectivity index (χ2n) is 4.41. The molecular weight excluding hydrogens is 288 g/mol. The average Bonchev–Trinajstić information content (AvgIpc) is 3.04. The fraction of sp³-hybridized carbons (Fsp3) is 0.133. The van der Waals surface area contributed by atoms with Crippen LogP contribution in [-0.2, 0) is 9.59 Å². The molecule has 22 heavy (non-hydrogen) atoms. The van der Waals surface area contributed by atoms with Crippen LogP contribution in [0.25, 0.3) is 0 Å². The summed E-state index contributed by atoms with van der Waals surface area (Å²) in [5, 5.41) is 20.8. The largest absolute Gasteiger partial charge is 0.481 e. The van der Waals surface area contributed by atoms with E-state index in [0.29, 0.717) is 23.5 Å². The Morgan fingerprint density at radius 2 is 1.95 bits per heavy atom. The van der Waals surface area contributed by atoms with Crippen LogP contribution in [0.5, 0.6) is 0 Å². The third-order valence-corrected chi connectivity index (χ3v) is 3.02. The Labute approximate surface area is 126 Å². The molecule has 0 aliphatic rings. The van der Waals surface area contributed by atoms with Crippen molar-refractivity contribution in [1.82, 2.24) is 0 Å². The molecule has 0 saturated heterocycles. The third kappa shape index (κ3) is 3.51. The zero-order valence-corrected chi connectivity index (χ0v) is 11.5. The van der Waals surface area contributed by atoms with E-state index in [2.05, 4.69) is 5.16 Å². The first kappa shape index (κ1) is 15.3. The van der Waals surface area contributed by atoms with Crippen molar-refractivity contribution in [2.75, 3.05) is 4.90 Å². The van der Waals surface area contributed by atoms with Gasteiger partial charge < -0.3 is 14.7 Å². The van der Waals surface area contributed by atoms with Crippen molar-refractivity contribution in [3.8, 4) is 0 Å². The number of carbonyl (C=O) groups excluding carboxylic acids is 1. The number of hydrogen-bond acceptors (Lipinski definition) is 5. The topological polar surface area (TPSA) is 103 Å². The summed E-state index contributed by atoms with van der Waals surface area (Å²) >= 11 is 0. The van der Waals surface area contributed by atoms with Crippen molar-refractivity contribution in [3.05, 3.63) is 48.2 Å². The van der Waals surface area contributed by atoms with Crippen molar-refractivity contribution < 1.29 is 24.3 Å². The molecule has 0 aliphatic heterocycles. The molecule has 0 unspecified atom stereocenters. The smallest absolute Gasteiger partial charge is 0.303 e. The molecule has 1 aromatic heterocycles. The Kier molecular flexibility index (Phi) is 4.92. The number of rotatable bonds is 7. The highest BCUT2D eigenvalue weighted by Gasteiger charge is 2.12. The van der Waals surface area contributed by atoms with E-state index in [1.165, 1.54) is 11.2 Å². The van der Waals surface area contributed by atoms with Crippen LogP contribution in [0.1, 0.15) is 18.4 Å². The van der Waals surface area contributed by atoms with Gasteiger partial charge in [-0.05, 0) is 23.8 Å². The molecule has 0 saturated carbocycles. The SMILES string of the molecule is O=CN(c1ccc(C(CCC(=O)O)=NO)cc1)c1ccco1. The second-order valence-corrected chi connectivity index (χ2v) is 4.41. The maximum atomic E-state index is 11.2. The Morgan fingerprint density at radius 1 is 1.23 bits per heavy atom. The molecule has 0 spiro atoms. The van der Waals surface area contributed by atoms with Gasteiger partial charge in [-0.25, -0.2) is 0 Å². The number of carbonyl (C=O) groups is 2. The molecule has 2 N–H and O–H groups in total. The van der Waals surface area contributed by atoms with Gasteiger partial charge in [-0.3, -0.25) is 14.5 Å². The summed E-state index contributed by atoms with van der Waals surface area (Å²) in [5.74, 6) is -0.590. The lowest BCUT2D eigenvalue weighted by atomic mass is 10.1. The van der Waals surface area contributed by atoms with Crippen molar-refractivity contribution in [2.45, 2.75) is 12.8 Å². The van der Waals surface area contributed by atoms with Gasteiger partial charge in [0.15, 0.2) is 0 Å². The molecule has 1 heterocycles. The zero-order chi connectivity index (χ0) is 15.9. The van der Waals surface area contributed by atoms with E-state index in [-0.39, 0.29) is 18.6 Å². The Bertz CT molecular complexity index is 662. The summed E-state index contributed by atoms with van der Waals surface area (Å²) in [4.78, 5) is 23.1. The maximum Gasteiger partial charge on any atom is 0.303 e. The number of aliphatic carboxylic acids is 1. The van der Waals surface area contributed by atoms with Crippen LogP contribution >= 0.6 is 0 Å². The molecule has 0 radical (unpaired) electrons. The number of nitrogens with zero attached hydrogens (tertiary/aromatic N) is 2. The third-order valence-electron chi connectivity index (χ3n) is 3.02. The summed E-state index contributed by atoms with van der Waals surface area (Å²) in [6.07, 6.45) is 2.07. The first-order chi connectivity index (χ1) is 10.7. The number of amides is 1. The van der Waals surface area contributed by atoms with Crippen LogP contribution in [0.15, 0.2) is 52.2 Å². The Hall–Kier alpha value is -3.09. The average molecular weight is 302 g/mol. The highest BCUT2D eigenvalue weighted by molar-refractivity contribution is 6.01. The van der Waals surface area contributed by atoms with Gasteiger partial charge in [0.1, 0.15) is 0 Å². The summed E-state index contributed by atoms with van der Waals surface area (Å²) in [5.41, 5.74) is 1.42. The molecule has 7 nitrogen and oxygen atoms in total. The van der Waals surface area contributed by atoms with Gasteiger partial charge in [-0.2, -0.15) is 0 Å². The summed E-state index contributed by atoms with van der Waals surface area (Å²) < 4.78 is 5.17. The zero-order valence-electron chi connectivity index (χ0n) is 11.5. The standard InChI is InChI=1S/C15H14N2O5/c18-10-17(14-2-1-9-22-14)12-5-3-11(4-6-12)13(16-21)7-8-15(19)20/h1-6,9-10,21H,7-8H2,(H,19,20). The van der Waals surface area contributed by atoms with Gasteiger partial charge in [0, 0.05) is 12.5 Å². The predicted molar refractivity (Wildman–Crippen MR) is 78.5 cm³/mol. The van der Waals surface area contributed by atoms with Gasteiger partial charge in [0.2, 0.25) is 12.3 Å². The number of benzene rings is 1. The molecular formula is C15H14N2O5. The van der Waals surface area contributed by atoms with Gasteiger partial charge >= 0.3 is 5.97 Å². The van der Waals surface area contributed by atoms with Crippen LogP contribution in [0.4, 0.5) is 11.6 Å². The molecule has 7 heteroatoms. The minimum atomic E-state index is -0.970. The normalized spacial score (nSPS) is 11.2. The fourth-order valence-corrected chi connectivity index (χ4v) is 1.94. The van der Waals surface area contributed by atoms with Crippen LogP contribution in [0, 0.1) is 0 Å².